The van der Waals surface area contributed by atoms with Crippen LogP contribution in [0.15, 0.2) is 12.1 Å². The molecule has 0 bridgehead atoms. The second-order valence-electron chi connectivity index (χ2n) is 3.40. The number of benzene rings is 1. The third-order valence-electron chi connectivity index (χ3n) is 2.16. The Hall–Kier alpha value is -1.00. The molecule has 0 aliphatic heterocycles. The fraction of sp³-hybridized carbons (Fsp3) is 0.364. The third kappa shape index (κ3) is 1.84. The Morgan fingerprint density at radius 1 is 1.38 bits per heavy atom. The fourth-order valence-electron chi connectivity index (χ4n) is 1.34. The van der Waals surface area contributed by atoms with E-state index in [1.165, 1.54) is 0 Å². The summed E-state index contributed by atoms with van der Waals surface area (Å²) in [7, 11) is 0. The van der Waals surface area contributed by atoms with E-state index in [2.05, 4.69) is 19.9 Å². The summed E-state index contributed by atoms with van der Waals surface area (Å²) in [5.74, 6) is 0.366. The van der Waals surface area contributed by atoms with Crippen LogP contribution >= 0.6 is 11.6 Å². The van der Waals surface area contributed by atoms with Crippen molar-refractivity contribution < 1.29 is 0 Å². The predicted octanol–water partition coefficient (Wildman–Crippen LogP) is 3.64. The first kappa shape index (κ1) is 10.1. The van der Waals surface area contributed by atoms with Gasteiger partial charge in [-0.25, -0.2) is 0 Å². The minimum atomic E-state index is 0.366. The summed E-state index contributed by atoms with van der Waals surface area (Å²) in [5, 5.41) is 9.63. The van der Waals surface area contributed by atoms with Gasteiger partial charge in [0.05, 0.1) is 11.6 Å². The minimum absolute atomic E-state index is 0.366. The van der Waals surface area contributed by atoms with Crippen LogP contribution in [0, 0.1) is 18.3 Å². The summed E-state index contributed by atoms with van der Waals surface area (Å²) in [5.41, 5.74) is 2.68. The number of rotatable bonds is 1. The molecule has 0 aliphatic rings. The molecule has 0 amide bonds. The Bertz CT molecular complexity index is 361. The predicted molar refractivity (Wildman–Crippen MR) is 55.0 cm³/mol. The molecule has 0 aromatic heterocycles. The average molecular weight is 194 g/mol. The van der Waals surface area contributed by atoms with E-state index < -0.39 is 0 Å². The van der Waals surface area contributed by atoms with Gasteiger partial charge in [-0.15, -0.1) is 0 Å². The fourth-order valence-corrected chi connectivity index (χ4v) is 1.49. The maximum Gasteiger partial charge on any atom is 0.0997 e. The molecule has 0 fully saturated rings. The van der Waals surface area contributed by atoms with Crippen molar-refractivity contribution >= 4 is 11.6 Å². The van der Waals surface area contributed by atoms with E-state index in [0.717, 1.165) is 16.7 Å². The van der Waals surface area contributed by atoms with Crippen LogP contribution in [-0.2, 0) is 0 Å². The highest BCUT2D eigenvalue weighted by Crippen LogP contribution is 2.26. The normalized spacial score (nSPS) is 10.2. The van der Waals surface area contributed by atoms with Crippen molar-refractivity contribution in [3.05, 3.63) is 33.8 Å². The summed E-state index contributed by atoms with van der Waals surface area (Å²) < 4.78 is 0. The maximum absolute atomic E-state index is 8.96. The molecule has 1 aromatic rings. The topological polar surface area (TPSA) is 23.8 Å². The van der Waals surface area contributed by atoms with Crippen molar-refractivity contribution in [1.82, 2.24) is 0 Å². The van der Waals surface area contributed by atoms with Crippen molar-refractivity contribution in [2.75, 3.05) is 0 Å². The lowest BCUT2D eigenvalue weighted by atomic mass is 9.95. The van der Waals surface area contributed by atoms with Crippen LogP contribution in [0.1, 0.15) is 36.5 Å². The molecular weight excluding hydrogens is 182 g/mol. The molecule has 0 heterocycles. The molecule has 0 saturated heterocycles. The Kier molecular flexibility index (Phi) is 2.95. The Balaban J connectivity index is 3.41. The van der Waals surface area contributed by atoms with Gasteiger partial charge in [-0.05, 0) is 30.0 Å². The zero-order chi connectivity index (χ0) is 10.0. The van der Waals surface area contributed by atoms with E-state index in [1.807, 2.05) is 19.1 Å². The number of hydrogen-bond donors (Lipinski definition) is 0. The smallest absolute Gasteiger partial charge is 0.0997 e. The molecule has 1 rings (SSSR count). The molecule has 0 spiro atoms. The van der Waals surface area contributed by atoms with Crippen molar-refractivity contribution in [3.8, 4) is 6.07 Å². The first-order valence-electron chi connectivity index (χ1n) is 4.27. The van der Waals surface area contributed by atoms with E-state index in [-0.39, 0.29) is 0 Å². The van der Waals surface area contributed by atoms with Gasteiger partial charge in [-0.2, -0.15) is 5.26 Å². The second kappa shape index (κ2) is 3.81. The SMILES string of the molecule is Cc1c(Cl)ccc(C(C)C)c1C#N. The molecule has 0 unspecified atom stereocenters. The van der Waals surface area contributed by atoms with Crippen LogP contribution in [0.25, 0.3) is 0 Å². The maximum atomic E-state index is 8.96. The molecule has 1 nitrogen and oxygen atoms in total. The first-order valence-corrected chi connectivity index (χ1v) is 4.64. The largest absolute Gasteiger partial charge is 0.192 e. The van der Waals surface area contributed by atoms with Crippen LogP contribution in [0.3, 0.4) is 0 Å². The quantitative estimate of drug-likeness (QED) is 0.668. The van der Waals surface area contributed by atoms with Gasteiger partial charge in [-0.3, -0.25) is 0 Å². The number of hydrogen-bond acceptors (Lipinski definition) is 1. The van der Waals surface area contributed by atoms with Crippen LogP contribution in [0.4, 0.5) is 0 Å². The number of nitriles is 1. The van der Waals surface area contributed by atoms with Crippen LogP contribution in [0.2, 0.25) is 5.02 Å². The molecule has 0 saturated carbocycles. The Labute approximate surface area is 84.0 Å². The van der Waals surface area contributed by atoms with E-state index in [0.29, 0.717) is 10.9 Å². The van der Waals surface area contributed by atoms with E-state index in [1.54, 1.807) is 0 Å². The minimum Gasteiger partial charge on any atom is -0.192 e. The van der Waals surface area contributed by atoms with Gasteiger partial charge in [0.15, 0.2) is 0 Å². The van der Waals surface area contributed by atoms with Gasteiger partial charge in [0.1, 0.15) is 0 Å². The number of halogens is 1. The van der Waals surface area contributed by atoms with E-state index >= 15 is 0 Å². The zero-order valence-corrected chi connectivity index (χ0v) is 8.81. The van der Waals surface area contributed by atoms with Crippen molar-refractivity contribution in [1.29, 1.82) is 5.26 Å². The highest BCUT2D eigenvalue weighted by Gasteiger charge is 2.10. The van der Waals surface area contributed by atoms with Gasteiger partial charge in [0.2, 0.25) is 0 Å². The van der Waals surface area contributed by atoms with Crippen LogP contribution in [0.5, 0.6) is 0 Å². The highest BCUT2D eigenvalue weighted by atomic mass is 35.5. The molecule has 0 N–H and O–H groups in total. The Morgan fingerprint density at radius 3 is 2.46 bits per heavy atom. The van der Waals surface area contributed by atoms with Gasteiger partial charge >= 0.3 is 0 Å². The second-order valence-corrected chi connectivity index (χ2v) is 3.81. The summed E-state index contributed by atoms with van der Waals surface area (Å²) >= 11 is 5.92. The van der Waals surface area contributed by atoms with Gasteiger partial charge in [-0.1, -0.05) is 31.5 Å². The monoisotopic (exact) mass is 193 g/mol. The van der Waals surface area contributed by atoms with Crippen molar-refractivity contribution in [3.63, 3.8) is 0 Å². The zero-order valence-electron chi connectivity index (χ0n) is 8.06. The van der Waals surface area contributed by atoms with Gasteiger partial charge < -0.3 is 0 Å². The lowest BCUT2D eigenvalue weighted by Crippen LogP contribution is -1.95. The molecule has 68 valence electrons. The lowest BCUT2D eigenvalue weighted by Gasteiger charge is -2.10. The molecule has 0 radical (unpaired) electrons. The average Bonchev–Trinajstić information content (AvgIpc) is 2.09. The van der Waals surface area contributed by atoms with Crippen molar-refractivity contribution in [2.45, 2.75) is 26.7 Å². The molecular formula is C11H12ClN. The third-order valence-corrected chi connectivity index (χ3v) is 2.57. The molecule has 13 heavy (non-hydrogen) atoms. The lowest BCUT2D eigenvalue weighted by molar-refractivity contribution is 0.860. The van der Waals surface area contributed by atoms with Gasteiger partial charge in [0.25, 0.3) is 0 Å². The van der Waals surface area contributed by atoms with Crippen LogP contribution < -0.4 is 0 Å². The van der Waals surface area contributed by atoms with E-state index in [4.69, 9.17) is 16.9 Å². The molecule has 1 aromatic carbocycles. The van der Waals surface area contributed by atoms with E-state index in [9.17, 15) is 0 Å². The standard InChI is InChI=1S/C11H12ClN/c1-7(2)9-4-5-11(12)8(3)10(9)6-13/h4-5,7H,1-3H3. The summed E-state index contributed by atoms with van der Waals surface area (Å²) in [6.45, 7) is 6.03. The summed E-state index contributed by atoms with van der Waals surface area (Å²) in [4.78, 5) is 0. The van der Waals surface area contributed by atoms with Gasteiger partial charge in [0, 0.05) is 5.02 Å². The molecule has 0 atom stereocenters. The number of nitrogens with zero attached hydrogens (tertiary/aromatic N) is 1. The first-order chi connectivity index (χ1) is 6.07. The molecule has 2 heteroatoms. The molecule has 0 aliphatic carbocycles. The Morgan fingerprint density at radius 2 is 2.00 bits per heavy atom. The summed E-state index contributed by atoms with van der Waals surface area (Å²) in [6.07, 6.45) is 0. The van der Waals surface area contributed by atoms with Crippen LogP contribution in [-0.4, -0.2) is 0 Å². The van der Waals surface area contributed by atoms with Crippen molar-refractivity contribution in [2.24, 2.45) is 0 Å². The summed E-state index contributed by atoms with van der Waals surface area (Å²) in [6, 6.07) is 5.98. The highest BCUT2D eigenvalue weighted by molar-refractivity contribution is 6.31.